The minimum atomic E-state index is 0.0849. The number of carbonyl (C=O) groups is 1. The predicted octanol–water partition coefficient (Wildman–Crippen LogP) is 2.57. The molecule has 3 rings (SSSR count). The van der Waals surface area contributed by atoms with Crippen molar-refractivity contribution in [1.82, 2.24) is 10.2 Å². The van der Waals surface area contributed by atoms with Crippen molar-refractivity contribution < 1.29 is 14.3 Å². The van der Waals surface area contributed by atoms with Crippen molar-refractivity contribution in [1.29, 1.82) is 0 Å². The van der Waals surface area contributed by atoms with Gasteiger partial charge in [-0.1, -0.05) is 24.3 Å². The number of piperazine rings is 1. The van der Waals surface area contributed by atoms with Gasteiger partial charge >= 0.3 is 0 Å². The van der Waals surface area contributed by atoms with Crippen LogP contribution in [-0.4, -0.2) is 63.8 Å². The van der Waals surface area contributed by atoms with Crippen molar-refractivity contribution in [3.63, 3.8) is 0 Å². The first-order valence-electron chi connectivity index (χ1n) is 10.3. The van der Waals surface area contributed by atoms with Crippen LogP contribution in [0.4, 0.5) is 5.69 Å². The Morgan fingerprint density at radius 1 is 1.03 bits per heavy atom. The van der Waals surface area contributed by atoms with Crippen LogP contribution in [0.3, 0.4) is 0 Å². The van der Waals surface area contributed by atoms with Crippen molar-refractivity contribution in [2.24, 2.45) is 0 Å². The number of benzene rings is 2. The largest absolute Gasteiger partial charge is 0.497 e. The van der Waals surface area contributed by atoms with E-state index >= 15 is 0 Å². The molecule has 0 atom stereocenters. The maximum Gasteiger partial charge on any atom is 0.234 e. The molecule has 1 aliphatic rings. The summed E-state index contributed by atoms with van der Waals surface area (Å²) in [6.45, 7) is 7.28. The quantitative estimate of drug-likeness (QED) is 0.705. The molecule has 29 heavy (non-hydrogen) atoms. The van der Waals surface area contributed by atoms with E-state index in [4.69, 9.17) is 9.47 Å². The normalized spacial score (nSPS) is 14.5. The van der Waals surface area contributed by atoms with Crippen LogP contribution in [-0.2, 0) is 11.2 Å². The zero-order chi connectivity index (χ0) is 20.5. The lowest BCUT2D eigenvalue weighted by atomic mass is 10.1. The summed E-state index contributed by atoms with van der Waals surface area (Å²) in [5.74, 6) is 1.86. The Hall–Kier alpha value is -2.73. The van der Waals surface area contributed by atoms with Crippen LogP contribution < -0.4 is 19.7 Å². The number of amides is 1. The minimum Gasteiger partial charge on any atom is -0.497 e. The van der Waals surface area contributed by atoms with Crippen LogP contribution in [0.25, 0.3) is 0 Å². The van der Waals surface area contributed by atoms with Gasteiger partial charge in [-0.3, -0.25) is 9.69 Å². The molecule has 0 unspecified atom stereocenters. The molecule has 1 aliphatic heterocycles. The third-order valence-electron chi connectivity index (χ3n) is 5.14. The molecule has 0 radical (unpaired) electrons. The Labute approximate surface area is 173 Å². The van der Waals surface area contributed by atoms with Gasteiger partial charge in [0.2, 0.25) is 5.91 Å². The topological polar surface area (TPSA) is 54.0 Å². The summed E-state index contributed by atoms with van der Waals surface area (Å²) in [5, 5.41) is 3.03. The molecular formula is C23H31N3O3. The molecule has 0 bridgehead atoms. The highest BCUT2D eigenvalue weighted by Gasteiger charge is 2.21. The van der Waals surface area contributed by atoms with E-state index in [1.165, 1.54) is 5.56 Å². The molecule has 1 heterocycles. The van der Waals surface area contributed by atoms with Crippen LogP contribution in [0.5, 0.6) is 11.5 Å². The smallest absolute Gasteiger partial charge is 0.234 e. The molecule has 1 fully saturated rings. The number of hydrogen-bond donors (Lipinski definition) is 1. The summed E-state index contributed by atoms with van der Waals surface area (Å²) >= 11 is 0. The van der Waals surface area contributed by atoms with Gasteiger partial charge < -0.3 is 19.7 Å². The average molecular weight is 398 g/mol. The van der Waals surface area contributed by atoms with E-state index in [9.17, 15) is 4.79 Å². The number of carbonyl (C=O) groups excluding carboxylic acids is 1. The second-order valence-electron chi connectivity index (χ2n) is 7.11. The summed E-state index contributed by atoms with van der Waals surface area (Å²) in [7, 11) is 1.66. The fraction of sp³-hybridized carbons (Fsp3) is 0.435. The first-order valence-corrected chi connectivity index (χ1v) is 10.3. The molecular weight excluding hydrogens is 366 g/mol. The summed E-state index contributed by atoms with van der Waals surface area (Å²) in [4.78, 5) is 16.8. The average Bonchev–Trinajstić information content (AvgIpc) is 2.75. The number of methoxy groups -OCH3 is 1. The Balaban J connectivity index is 1.39. The number of nitrogens with one attached hydrogen (secondary N) is 1. The van der Waals surface area contributed by atoms with Gasteiger partial charge in [0.1, 0.15) is 11.5 Å². The van der Waals surface area contributed by atoms with Crippen molar-refractivity contribution in [3.05, 3.63) is 54.1 Å². The van der Waals surface area contributed by atoms with Crippen LogP contribution in [0.2, 0.25) is 0 Å². The molecule has 0 saturated carbocycles. The van der Waals surface area contributed by atoms with E-state index in [1.807, 2.05) is 49.4 Å². The molecule has 0 aromatic heterocycles. The van der Waals surface area contributed by atoms with Gasteiger partial charge in [-0.2, -0.15) is 0 Å². The Morgan fingerprint density at radius 2 is 1.76 bits per heavy atom. The Kier molecular flexibility index (Phi) is 7.76. The molecule has 0 spiro atoms. The fourth-order valence-corrected chi connectivity index (χ4v) is 3.54. The highest BCUT2D eigenvalue weighted by Crippen LogP contribution is 2.28. The van der Waals surface area contributed by atoms with E-state index in [0.29, 0.717) is 19.7 Å². The summed E-state index contributed by atoms with van der Waals surface area (Å²) in [5.41, 5.74) is 2.32. The SMILES string of the molecule is CCOc1ccccc1N1CCN(CC(=O)NCCc2ccc(OC)cc2)CC1. The van der Waals surface area contributed by atoms with Crippen LogP contribution in [0.1, 0.15) is 12.5 Å². The third-order valence-corrected chi connectivity index (χ3v) is 5.14. The van der Waals surface area contributed by atoms with Crippen LogP contribution in [0.15, 0.2) is 48.5 Å². The molecule has 2 aromatic rings. The third kappa shape index (κ3) is 6.12. The molecule has 2 aromatic carbocycles. The molecule has 156 valence electrons. The van der Waals surface area contributed by atoms with Crippen LogP contribution in [0, 0.1) is 0 Å². The van der Waals surface area contributed by atoms with E-state index in [0.717, 1.165) is 49.8 Å². The van der Waals surface area contributed by atoms with Gasteiger partial charge in [-0.25, -0.2) is 0 Å². The first-order chi connectivity index (χ1) is 14.2. The van der Waals surface area contributed by atoms with E-state index in [2.05, 4.69) is 21.2 Å². The zero-order valence-corrected chi connectivity index (χ0v) is 17.4. The van der Waals surface area contributed by atoms with Crippen molar-refractivity contribution >= 4 is 11.6 Å². The minimum absolute atomic E-state index is 0.0849. The first kappa shape index (κ1) is 21.0. The van der Waals surface area contributed by atoms with Gasteiger partial charge in [0, 0.05) is 32.7 Å². The molecule has 1 saturated heterocycles. The number of anilines is 1. The number of hydrogen-bond acceptors (Lipinski definition) is 5. The lowest BCUT2D eigenvalue weighted by Crippen LogP contribution is -2.49. The van der Waals surface area contributed by atoms with Crippen molar-refractivity contribution in [3.8, 4) is 11.5 Å². The standard InChI is InChI=1S/C23H31N3O3/c1-3-29-22-7-5-4-6-21(22)26-16-14-25(15-17-26)18-23(27)24-13-12-19-8-10-20(28-2)11-9-19/h4-11H,3,12-18H2,1-2H3,(H,24,27). The van der Waals surface area contributed by atoms with Gasteiger partial charge in [0.15, 0.2) is 0 Å². The lowest BCUT2D eigenvalue weighted by molar-refractivity contribution is -0.122. The lowest BCUT2D eigenvalue weighted by Gasteiger charge is -2.36. The second-order valence-corrected chi connectivity index (χ2v) is 7.11. The Morgan fingerprint density at radius 3 is 2.45 bits per heavy atom. The van der Waals surface area contributed by atoms with Gasteiger partial charge in [-0.15, -0.1) is 0 Å². The molecule has 1 amide bonds. The van der Waals surface area contributed by atoms with Crippen LogP contribution >= 0.6 is 0 Å². The van der Waals surface area contributed by atoms with Gasteiger partial charge in [0.05, 0.1) is 25.9 Å². The van der Waals surface area contributed by atoms with E-state index in [1.54, 1.807) is 7.11 Å². The molecule has 6 nitrogen and oxygen atoms in total. The highest BCUT2D eigenvalue weighted by atomic mass is 16.5. The molecule has 1 N–H and O–H groups in total. The number of nitrogens with zero attached hydrogens (tertiary/aromatic N) is 2. The van der Waals surface area contributed by atoms with Gasteiger partial charge in [0.25, 0.3) is 0 Å². The highest BCUT2D eigenvalue weighted by molar-refractivity contribution is 5.78. The monoisotopic (exact) mass is 397 g/mol. The van der Waals surface area contributed by atoms with E-state index in [-0.39, 0.29) is 5.91 Å². The number of ether oxygens (including phenoxy) is 2. The number of para-hydroxylation sites is 2. The molecule has 0 aliphatic carbocycles. The maximum absolute atomic E-state index is 12.3. The predicted molar refractivity (Wildman–Crippen MR) is 116 cm³/mol. The summed E-state index contributed by atoms with van der Waals surface area (Å²) in [6, 6.07) is 16.1. The number of rotatable bonds is 9. The zero-order valence-electron chi connectivity index (χ0n) is 17.4. The second kappa shape index (κ2) is 10.7. The fourth-order valence-electron chi connectivity index (χ4n) is 3.54. The van der Waals surface area contributed by atoms with Crippen molar-refractivity contribution in [2.45, 2.75) is 13.3 Å². The van der Waals surface area contributed by atoms with Gasteiger partial charge in [-0.05, 0) is 43.2 Å². The summed E-state index contributed by atoms with van der Waals surface area (Å²) in [6.07, 6.45) is 0.817. The Bertz CT molecular complexity index is 771. The summed E-state index contributed by atoms with van der Waals surface area (Å²) < 4.78 is 10.9. The molecule has 6 heteroatoms. The van der Waals surface area contributed by atoms with E-state index < -0.39 is 0 Å². The maximum atomic E-state index is 12.3. The van der Waals surface area contributed by atoms with Crippen molar-refractivity contribution in [2.75, 3.05) is 57.9 Å².